The van der Waals surface area contributed by atoms with E-state index in [4.69, 9.17) is 9.84 Å². The lowest BCUT2D eigenvalue weighted by Crippen LogP contribution is -2.01. The molecule has 0 aliphatic heterocycles. The van der Waals surface area contributed by atoms with E-state index in [-0.39, 0.29) is 11.6 Å². The van der Waals surface area contributed by atoms with Gasteiger partial charge in [0.2, 0.25) is 5.88 Å². The third kappa shape index (κ3) is 2.54. The molecule has 0 radical (unpaired) electrons. The number of rotatable bonds is 3. The van der Waals surface area contributed by atoms with E-state index in [2.05, 4.69) is 15.0 Å². The average molecular weight is 231 g/mol. The summed E-state index contributed by atoms with van der Waals surface area (Å²) in [6, 6.07) is 3.48. The summed E-state index contributed by atoms with van der Waals surface area (Å²) in [6.07, 6.45) is 4.06. The van der Waals surface area contributed by atoms with E-state index in [0.29, 0.717) is 5.75 Å². The second-order valence-electron chi connectivity index (χ2n) is 3.23. The SMILES string of the molecule is Cc1ncccc1Oc1cnc(C(=O)O)cn1. The van der Waals surface area contributed by atoms with Crippen molar-refractivity contribution >= 4 is 5.97 Å². The summed E-state index contributed by atoms with van der Waals surface area (Å²) >= 11 is 0. The number of carbonyl (C=O) groups is 1. The Balaban J connectivity index is 2.20. The molecule has 1 N–H and O–H groups in total. The molecule has 0 aliphatic carbocycles. The molecular formula is C11H9N3O3. The monoisotopic (exact) mass is 231 g/mol. The first-order valence-corrected chi connectivity index (χ1v) is 4.81. The maximum Gasteiger partial charge on any atom is 0.356 e. The molecule has 0 saturated heterocycles. The number of pyridine rings is 1. The van der Waals surface area contributed by atoms with Gasteiger partial charge < -0.3 is 9.84 Å². The lowest BCUT2D eigenvalue weighted by atomic mass is 10.3. The topological polar surface area (TPSA) is 85.2 Å². The molecule has 0 fully saturated rings. The average Bonchev–Trinajstić information content (AvgIpc) is 2.33. The van der Waals surface area contributed by atoms with E-state index in [1.165, 1.54) is 6.20 Å². The normalized spacial score (nSPS) is 9.94. The molecule has 0 spiro atoms. The molecule has 0 atom stereocenters. The zero-order valence-electron chi connectivity index (χ0n) is 8.99. The molecule has 0 aromatic carbocycles. The Morgan fingerprint density at radius 3 is 2.71 bits per heavy atom. The van der Waals surface area contributed by atoms with Crippen LogP contribution >= 0.6 is 0 Å². The van der Waals surface area contributed by atoms with Crippen molar-refractivity contribution in [1.82, 2.24) is 15.0 Å². The standard InChI is InChI=1S/C11H9N3O3/c1-7-9(3-2-4-12-7)17-10-6-13-8(5-14-10)11(15)16/h2-6H,1H3,(H,15,16). The van der Waals surface area contributed by atoms with Gasteiger partial charge in [0.25, 0.3) is 0 Å². The van der Waals surface area contributed by atoms with Crippen LogP contribution in [0.4, 0.5) is 0 Å². The van der Waals surface area contributed by atoms with Crippen molar-refractivity contribution in [3.8, 4) is 11.6 Å². The number of hydrogen-bond acceptors (Lipinski definition) is 5. The second-order valence-corrected chi connectivity index (χ2v) is 3.23. The van der Waals surface area contributed by atoms with Gasteiger partial charge in [-0.05, 0) is 19.1 Å². The molecular weight excluding hydrogens is 222 g/mol. The molecule has 0 amide bonds. The van der Waals surface area contributed by atoms with Crippen molar-refractivity contribution in [2.75, 3.05) is 0 Å². The summed E-state index contributed by atoms with van der Waals surface area (Å²) in [6.45, 7) is 1.80. The number of ether oxygens (including phenoxy) is 1. The van der Waals surface area contributed by atoms with Crippen molar-refractivity contribution < 1.29 is 14.6 Å². The summed E-state index contributed by atoms with van der Waals surface area (Å²) < 4.78 is 5.41. The fourth-order valence-corrected chi connectivity index (χ4v) is 1.17. The molecule has 0 bridgehead atoms. The molecule has 2 aromatic rings. The molecule has 17 heavy (non-hydrogen) atoms. The van der Waals surface area contributed by atoms with E-state index in [0.717, 1.165) is 11.9 Å². The first kappa shape index (κ1) is 11.0. The highest BCUT2D eigenvalue weighted by molar-refractivity contribution is 5.84. The fraction of sp³-hybridized carbons (Fsp3) is 0.0909. The third-order valence-electron chi connectivity index (χ3n) is 2.02. The van der Waals surface area contributed by atoms with E-state index in [1.54, 1.807) is 25.3 Å². The molecule has 0 saturated carbocycles. The number of aryl methyl sites for hydroxylation is 1. The minimum absolute atomic E-state index is 0.125. The van der Waals surface area contributed by atoms with E-state index < -0.39 is 5.97 Å². The molecule has 0 aliphatic rings. The Hall–Kier alpha value is -2.50. The maximum absolute atomic E-state index is 10.6. The Morgan fingerprint density at radius 1 is 1.29 bits per heavy atom. The van der Waals surface area contributed by atoms with Gasteiger partial charge in [-0.15, -0.1) is 0 Å². The van der Waals surface area contributed by atoms with Gasteiger partial charge in [-0.3, -0.25) is 4.98 Å². The highest BCUT2D eigenvalue weighted by Crippen LogP contribution is 2.20. The smallest absolute Gasteiger partial charge is 0.356 e. The Labute approximate surface area is 96.9 Å². The molecule has 6 heteroatoms. The largest absolute Gasteiger partial charge is 0.476 e. The molecule has 6 nitrogen and oxygen atoms in total. The second kappa shape index (κ2) is 4.56. The third-order valence-corrected chi connectivity index (χ3v) is 2.02. The molecule has 2 aromatic heterocycles. The van der Waals surface area contributed by atoms with E-state index >= 15 is 0 Å². The number of carboxylic acids is 1. The van der Waals surface area contributed by atoms with Crippen molar-refractivity contribution in [2.24, 2.45) is 0 Å². The zero-order valence-corrected chi connectivity index (χ0v) is 8.99. The summed E-state index contributed by atoms with van der Waals surface area (Å²) in [5.74, 6) is -0.336. The van der Waals surface area contributed by atoms with Crippen LogP contribution in [-0.2, 0) is 0 Å². The van der Waals surface area contributed by atoms with Gasteiger partial charge in [0.1, 0.15) is 0 Å². The van der Waals surface area contributed by atoms with Crippen LogP contribution in [0.2, 0.25) is 0 Å². The highest BCUT2D eigenvalue weighted by Gasteiger charge is 2.07. The van der Waals surface area contributed by atoms with Crippen molar-refractivity contribution in [3.63, 3.8) is 0 Å². The number of nitrogens with zero attached hydrogens (tertiary/aromatic N) is 3. The minimum Gasteiger partial charge on any atom is -0.476 e. The quantitative estimate of drug-likeness (QED) is 0.864. The van der Waals surface area contributed by atoms with Crippen LogP contribution in [0.25, 0.3) is 0 Å². The van der Waals surface area contributed by atoms with Crippen molar-refractivity contribution in [1.29, 1.82) is 0 Å². The number of carboxylic acid groups (broad SMARTS) is 1. The first-order chi connectivity index (χ1) is 8.16. The lowest BCUT2D eigenvalue weighted by Gasteiger charge is -2.05. The van der Waals surface area contributed by atoms with E-state index in [9.17, 15) is 4.79 Å². The lowest BCUT2D eigenvalue weighted by molar-refractivity contribution is 0.0690. The highest BCUT2D eigenvalue weighted by atomic mass is 16.5. The first-order valence-electron chi connectivity index (χ1n) is 4.81. The van der Waals surface area contributed by atoms with Crippen LogP contribution in [-0.4, -0.2) is 26.0 Å². The van der Waals surface area contributed by atoms with Gasteiger partial charge in [0, 0.05) is 6.20 Å². The molecule has 2 rings (SSSR count). The predicted octanol–water partition coefficient (Wildman–Crippen LogP) is 1.67. The molecule has 2 heterocycles. The Bertz CT molecular complexity index is 540. The van der Waals surface area contributed by atoms with Crippen molar-refractivity contribution in [3.05, 3.63) is 42.1 Å². The van der Waals surface area contributed by atoms with Crippen LogP contribution in [0.3, 0.4) is 0 Å². The van der Waals surface area contributed by atoms with Gasteiger partial charge in [0.05, 0.1) is 18.1 Å². The number of aromatic carboxylic acids is 1. The minimum atomic E-state index is -1.12. The molecule has 0 unspecified atom stereocenters. The van der Waals surface area contributed by atoms with Crippen LogP contribution in [0.1, 0.15) is 16.2 Å². The van der Waals surface area contributed by atoms with Crippen LogP contribution in [0, 0.1) is 6.92 Å². The van der Waals surface area contributed by atoms with Gasteiger partial charge in [-0.1, -0.05) is 0 Å². The summed E-state index contributed by atoms with van der Waals surface area (Å²) in [5, 5.41) is 8.66. The molecule has 86 valence electrons. The van der Waals surface area contributed by atoms with Gasteiger partial charge in [-0.2, -0.15) is 0 Å². The number of hydrogen-bond donors (Lipinski definition) is 1. The van der Waals surface area contributed by atoms with Gasteiger partial charge in [0.15, 0.2) is 11.4 Å². The van der Waals surface area contributed by atoms with Crippen LogP contribution in [0.15, 0.2) is 30.7 Å². The number of aromatic nitrogens is 3. The maximum atomic E-state index is 10.6. The van der Waals surface area contributed by atoms with Gasteiger partial charge in [-0.25, -0.2) is 14.8 Å². The van der Waals surface area contributed by atoms with Crippen LogP contribution in [0.5, 0.6) is 11.6 Å². The Morgan fingerprint density at radius 2 is 2.12 bits per heavy atom. The van der Waals surface area contributed by atoms with E-state index in [1.807, 2.05) is 0 Å². The Kier molecular flexibility index (Phi) is 2.95. The fourth-order valence-electron chi connectivity index (χ4n) is 1.17. The summed E-state index contributed by atoms with van der Waals surface area (Å²) in [7, 11) is 0. The predicted molar refractivity (Wildman–Crippen MR) is 58.0 cm³/mol. The zero-order chi connectivity index (χ0) is 12.3. The van der Waals surface area contributed by atoms with Crippen LogP contribution < -0.4 is 4.74 Å². The summed E-state index contributed by atoms with van der Waals surface area (Å²) in [5.41, 5.74) is 0.594. The van der Waals surface area contributed by atoms with Gasteiger partial charge >= 0.3 is 5.97 Å². The van der Waals surface area contributed by atoms with Crippen molar-refractivity contribution in [2.45, 2.75) is 6.92 Å². The summed E-state index contributed by atoms with van der Waals surface area (Å²) in [4.78, 5) is 22.2.